The van der Waals surface area contributed by atoms with E-state index in [-0.39, 0.29) is 11.9 Å². The number of carbonyl (C=O) groups is 1. The second-order valence-electron chi connectivity index (χ2n) is 6.99. The topological polar surface area (TPSA) is 47.4 Å². The van der Waals surface area contributed by atoms with Gasteiger partial charge in [0.05, 0.1) is 28.6 Å². The zero-order chi connectivity index (χ0) is 19.5. The molecule has 1 aromatic heterocycles. The maximum absolute atomic E-state index is 12.4. The Morgan fingerprint density at radius 2 is 2.00 bits per heavy atom. The van der Waals surface area contributed by atoms with Gasteiger partial charge in [-0.15, -0.1) is 0 Å². The van der Waals surface area contributed by atoms with Crippen LogP contribution < -0.4 is 4.74 Å². The molecule has 2 heterocycles. The highest BCUT2D eigenvalue weighted by Crippen LogP contribution is 2.34. The molecule has 3 aromatic rings. The molecule has 0 saturated carbocycles. The van der Waals surface area contributed by atoms with Gasteiger partial charge in [-0.25, -0.2) is 4.98 Å². The van der Waals surface area contributed by atoms with Crippen molar-refractivity contribution >= 4 is 28.5 Å². The summed E-state index contributed by atoms with van der Waals surface area (Å²) in [5.74, 6) is 1.82. The van der Waals surface area contributed by atoms with E-state index < -0.39 is 0 Å². The Hall–Kier alpha value is -2.53. The van der Waals surface area contributed by atoms with Crippen LogP contribution in [0.4, 0.5) is 0 Å². The van der Waals surface area contributed by atoms with Crippen molar-refractivity contribution in [3.8, 4) is 5.75 Å². The number of amides is 1. The van der Waals surface area contributed by atoms with Crippen LogP contribution in [0.15, 0.2) is 48.5 Å². The molecule has 1 aliphatic heterocycles. The Morgan fingerprint density at radius 1 is 1.21 bits per heavy atom. The van der Waals surface area contributed by atoms with Gasteiger partial charge < -0.3 is 14.2 Å². The van der Waals surface area contributed by atoms with Crippen LogP contribution in [0.3, 0.4) is 0 Å². The Morgan fingerprint density at radius 3 is 2.82 bits per heavy atom. The lowest BCUT2D eigenvalue weighted by molar-refractivity contribution is -0.131. The van der Waals surface area contributed by atoms with Gasteiger partial charge in [-0.05, 0) is 37.1 Å². The van der Waals surface area contributed by atoms with E-state index in [1.54, 1.807) is 0 Å². The fraction of sp³-hybridized carbons (Fsp3) is 0.364. The number of aromatic nitrogens is 2. The van der Waals surface area contributed by atoms with Crippen molar-refractivity contribution in [1.82, 2.24) is 14.5 Å². The molecule has 1 amide bonds. The number of nitrogens with zero attached hydrogens (tertiary/aromatic N) is 3. The van der Waals surface area contributed by atoms with Crippen molar-refractivity contribution in [3.63, 3.8) is 0 Å². The summed E-state index contributed by atoms with van der Waals surface area (Å²) in [5, 5.41) is 0.605. The predicted octanol–water partition coefficient (Wildman–Crippen LogP) is 4.84. The molecule has 6 heteroatoms. The molecule has 146 valence electrons. The van der Waals surface area contributed by atoms with Crippen molar-refractivity contribution in [2.45, 2.75) is 38.8 Å². The summed E-state index contributed by atoms with van der Waals surface area (Å²) in [5.41, 5.74) is 2.02. The quantitative estimate of drug-likeness (QED) is 0.597. The molecule has 28 heavy (non-hydrogen) atoms. The molecule has 1 saturated heterocycles. The van der Waals surface area contributed by atoms with Crippen LogP contribution in [0, 0.1) is 0 Å². The summed E-state index contributed by atoms with van der Waals surface area (Å²) in [7, 11) is 0. The number of hydrogen-bond donors (Lipinski definition) is 0. The summed E-state index contributed by atoms with van der Waals surface area (Å²) < 4.78 is 8.10. The zero-order valence-corrected chi connectivity index (χ0v) is 16.7. The second-order valence-corrected chi connectivity index (χ2v) is 7.40. The van der Waals surface area contributed by atoms with Gasteiger partial charge in [-0.3, -0.25) is 4.79 Å². The van der Waals surface area contributed by atoms with Crippen LogP contribution in [-0.2, 0) is 11.3 Å². The smallest absolute Gasteiger partial charge is 0.222 e. The van der Waals surface area contributed by atoms with Gasteiger partial charge >= 0.3 is 0 Å². The van der Waals surface area contributed by atoms with Gasteiger partial charge in [0.25, 0.3) is 0 Å². The molecule has 2 aromatic carbocycles. The van der Waals surface area contributed by atoms with Gasteiger partial charge in [0, 0.05) is 13.0 Å². The third-order valence-electron chi connectivity index (χ3n) is 5.27. The van der Waals surface area contributed by atoms with Crippen LogP contribution >= 0.6 is 11.6 Å². The largest absolute Gasteiger partial charge is 0.490 e. The Bertz CT molecular complexity index is 985. The zero-order valence-electron chi connectivity index (χ0n) is 16.0. The first kappa shape index (κ1) is 18.8. The van der Waals surface area contributed by atoms with Crippen LogP contribution in [0.25, 0.3) is 11.0 Å². The molecule has 4 rings (SSSR count). The third kappa shape index (κ3) is 3.59. The summed E-state index contributed by atoms with van der Waals surface area (Å²) in [6.07, 6.45) is 2.47. The highest BCUT2D eigenvalue weighted by atomic mass is 35.5. The average molecular weight is 398 g/mol. The lowest BCUT2D eigenvalue weighted by atomic mass is 10.2. The summed E-state index contributed by atoms with van der Waals surface area (Å²) in [6.45, 7) is 3.84. The van der Waals surface area contributed by atoms with Gasteiger partial charge in [0.2, 0.25) is 5.91 Å². The molecule has 1 unspecified atom stereocenters. The van der Waals surface area contributed by atoms with Crippen molar-refractivity contribution < 1.29 is 9.53 Å². The summed E-state index contributed by atoms with van der Waals surface area (Å²) in [6, 6.07) is 15.6. The molecule has 1 aliphatic rings. The molecular formula is C22H24ClN3O2. The number of likely N-dealkylation sites (tertiary alicyclic amines) is 1. The number of carbonyl (C=O) groups excluding carboxylic acids is 1. The van der Waals surface area contributed by atoms with Crippen molar-refractivity contribution in [2.24, 2.45) is 0 Å². The van der Waals surface area contributed by atoms with Crippen LogP contribution in [0.5, 0.6) is 5.75 Å². The van der Waals surface area contributed by atoms with Gasteiger partial charge in [-0.1, -0.05) is 42.8 Å². The lowest BCUT2D eigenvalue weighted by Gasteiger charge is -2.25. The normalized spacial score (nSPS) is 16.6. The number of benzene rings is 2. The van der Waals surface area contributed by atoms with E-state index >= 15 is 0 Å². The molecule has 0 spiro atoms. The Balaban J connectivity index is 1.62. The number of ether oxygens (including phenoxy) is 1. The van der Waals surface area contributed by atoms with E-state index in [2.05, 4.69) is 10.6 Å². The minimum absolute atomic E-state index is 0.0279. The van der Waals surface area contributed by atoms with E-state index in [1.165, 1.54) is 0 Å². The number of halogens is 1. The van der Waals surface area contributed by atoms with Crippen molar-refractivity contribution in [1.29, 1.82) is 0 Å². The molecule has 1 atom stereocenters. The first-order valence-electron chi connectivity index (χ1n) is 9.81. The van der Waals surface area contributed by atoms with Crippen molar-refractivity contribution in [2.75, 3.05) is 13.2 Å². The lowest BCUT2D eigenvalue weighted by Crippen LogP contribution is -2.31. The highest BCUT2D eigenvalue weighted by molar-refractivity contribution is 6.32. The molecule has 0 N–H and O–H groups in total. The van der Waals surface area contributed by atoms with E-state index in [4.69, 9.17) is 21.3 Å². The average Bonchev–Trinajstić information content (AvgIpc) is 3.33. The summed E-state index contributed by atoms with van der Waals surface area (Å²) >= 11 is 6.20. The molecule has 0 radical (unpaired) electrons. The fourth-order valence-corrected chi connectivity index (χ4v) is 4.12. The predicted molar refractivity (Wildman–Crippen MR) is 111 cm³/mol. The first-order valence-corrected chi connectivity index (χ1v) is 10.2. The molecule has 0 bridgehead atoms. The molecule has 1 fully saturated rings. The van der Waals surface area contributed by atoms with Gasteiger partial charge in [0.1, 0.15) is 18.2 Å². The number of fused-ring (bicyclic) bond motifs is 1. The third-order valence-corrected chi connectivity index (χ3v) is 5.58. The maximum atomic E-state index is 12.4. The summed E-state index contributed by atoms with van der Waals surface area (Å²) in [4.78, 5) is 19.3. The minimum Gasteiger partial charge on any atom is -0.490 e. The maximum Gasteiger partial charge on any atom is 0.222 e. The Kier molecular flexibility index (Phi) is 5.53. The molecule has 5 nitrogen and oxygen atoms in total. The highest BCUT2D eigenvalue weighted by Gasteiger charge is 2.32. The van der Waals surface area contributed by atoms with Crippen LogP contribution in [-0.4, -0.2) is 33.5 Å². The number of rotatable bonds is 6. The number of hydrogen-bond acceptors (Lipinski definition) is 3. The molecule has 0 aliphatic carbocycles. The number of para-hydroxylation sites is 3. The first-order chi connectivity index (χ1) is 13.7. The van der Waals surface area contributed by atoms with E-state index in [0.29, 0.717) is 30.3 Å². The number of imidazole rings is 1. The molecular weight excluding hydrogens is 374 g/mol. The van der Waals surface area contributed by atoms with Crippen molar-refractivity contribution in [3.05, 3.63) is 59.4 Å². The standard InChI is InChI=1S/C22H24ClN3O2/c1-2-21(27)25-13-7-11-19(25)22-24-17-9-4-5-10-18(17)26(22)14-15-28-20-12-6-3-8-16(20)23/h3-6,8-10,12,19H,2,7,11,13-15H2,1H3. The second kappa shape index (κ2) is 8.23. The van der Waals surface area contributed by atoms with E-state index in [0.717, 1.165) is 36.2 Å². The van der Waals surface area contributed by atoms with Gasteiger partial charge in [-0.2, -0.15) is 0 Å². The van der Waals surface area contributed by atoms with Crippen LogP contribution in [0.1, 0.15) is 38.1 Å². The van der Waals surface area contributed by atoms with Gasteiger partial charge in [0.15, 0.2) is 0 Å². The minimum atomic E-state index is 0.0279. The van der Waals surface area contributed by atoms with E-state index in [1.807, 2.05) is 54.3 Å². The fourth-order valence-electron chi connectivity index (χ4n) is 3.93. The monoisotopic (exact) mass is 397 g/mol. The van der Waals surface area contributed by atoms with Crippen LogP contribution in [0.2, 0.25) is 5.02 Å². The SMILES string of the molecule is CCC(=O)N1CCCC1c1nc2ccccc2n1CCOc1ccccc1Cl. The van der Waals surface area contributed by atoms with E-state index in [9.17, 15) is 4.79 Å². The Labute approximate surface area is 169 Å².